The summed E-state index contributed by atoms with van der Waals surface area (Å²) in [7, 11) is 1.79. The summed E-state index contributed by atoms with van der Waals surface area (Å²) in [4.78, 5) is 14.0. The molecule has 1 heterocycles. The highest BCUT2D eigenvalue weighted by Gasteiger charge is 2.20. The molecule has 5 heteroatoms. The molecule has 2 N–H and O–H groups in total. The molecule has 0 fully saturated rings. The van der Waals surface area contributed by atoms with Gasteiger partial charge in [0.2, 0.25) is 0 Å². The molecule has 1 unspecified atom stereocenters. The van der Waals surface area contributed by atoms with E-state index in [9.17, 15) is 4.79 Å². The van der Waals surface area contributed by atoms with Crippen molar-refractivity contribution >= 4 is 5.91 Å². The van der Waals surface area contributed by atoms with Gasteiger partial charge in [0, 0.05) is 18.7 Å². The SMILES string of the molecule is CC(CCN)N(C)C(=O)c1ccc2c(c1)OCCO2. The van der Waals surface area contributed by atoms with Crippen LogP contribution >= 0.6 is 0 Å². The highest BCUT2D eigenvalue weighted by molar-refractivity contribution is 5.95. The van der Waals surface area contributed by atoms with Crippen LogP contribution in [0.4, 0.5) is 0 Å². The van der Waals surface area contributed by atoms with Gasteiger partial charge in [-0.15, -0.1) is 0 Å². The highest BCUT2D eigenvalue weighted by atomic mass is 16.6. The van der Waals surface area contributed by atoms with E-state index in [1.807, 2.05) is 6.92 Å². The molecule has 0 spiro atoms. The minimum atomic E-state index is -0.0297. The first kappa shape index (κ1) is 13.7. The number of carbonyl (C=O) groups is 1. The number of amides is 1. The molecule has 2 rings (SSSR count). The van der Waals surface area contributed by atoms with Crippen molar-refractivity contribution in [1.82, 2.24) is 4.90 Å². The first-order valence-electron chi connectivity index (χ1n) is 6.50. The third kappa shape index (κ3) is 2.98. The van der Waals surface area contributed by atoms with Gasteiger partial charge in [-0.05, 0) is 38.1 Å². The average Bonchev–Trinajstić information content (AvgIpc) is 2.45. The molecule has 104 valence electrons. The normalized spacial score (nSPS) is 14.9. The van der Waals surface area contributed by atoms with Gasteiger partial charge in [0.05, 0.1) is 0 Å². The molecular weight excluding hydrogens is 244 g/mol. The van der Waals surface area contributed by atoms with E-state index >= 15 is 0 Å². The lowest BCUT2D eigenvalue weighted by Gasteiger charge is -2.25. The Hall–Kier alpha value is -1.75. The van der Waals surface area contributed by atoms with Crippen LogP contribution in [0.15, 0.2) is 18.2 Å². The van der Waals surface area contributed by atoms with Gasteiger partial charge in [0.25, 0.3) is 5.91 Å². The van der Waals surface area contributed by atoms with Crippen molar-refractivity contribution in [1.29, 1.82) is 0 Å². The second-order valence-corrected chi connectivity index (χ2v) is 4.70. The molecule has 1 amide bonds. The van der Waals surface area contributed by atoms with Gasteiger partial charge in [-0.3, -0.25) is 4.79 Å². The van der Waals surface area contributed by atoms with Crippen LogP contribution in [0, 0.1) is 0 Å². The van der Waals surface area contributed by atoms with Crippen LogP contribution in [-0.4, -0.2) is 43.7 Å². The number of hydrogen-bond acceptors (Lipinski definition) is 4. The molecule has 19 heavy (non-hydrogen) atoms. The lowest BCUT2D eigenvalue weighted by molar-refractivity contribution is 0.0738. The van der Waals surface area contributed by atoms with Crippen LogP contribution in [0.2, 0.25) is 0 Å². The summed E-state index contributed by atoms with van der Waals surface area (Å²) in [6.45, 7) is 3.63. The lowest BCUT2D eigenvalue weighted by atomic mass is 10.1. The van der Waals surface area contributed by atoms with Crippen LogP contribution in [0.5, 0.6) is 11.5 Å². The van der Waals surface area contributed by atoms with Crippen LogP contribution in [0.1, 0.15) is 23.7 Å². The second-order valence-electron chi connectivity index (χ2n) is 4.70. The number of nitrogens with zero attached hydrogens (tertiary/aromatic N) is 1. The van der Waals surface area contributed by atoms with Crippen LogP contribution < -0.4 is 15.2 Å². The Labute approximate surface area is 113 Å². The Balaban J connectivity index is 2.15. The summed E-state index contributed by atoms with van der Waals surface area (Å²) >= 11 is 0. The fourth-order valence-electron chi connectivity index (χ4n) is 2.02. The van der Waals surface area contributed by atoms with Crippen molar-refractivity contribution in [2.75, 3.05) is 26.8 Å². The van der Waals surface area contributed by atoms with E-state index in [-0.39, 0.29) is 11.9 Å². The fourth-order valence-corrected chi connectivity index (χ4v) is 2.02. The van der Waals surface area contributed by atoms with E-state index in [4.69, 9.17) is 15.2 Å². The Morgan fingerprint density at radius 3 is 2.74 bits per heavy atom. The van der Waals surface area contributed by atoms with Crippen molar-refractivity contribution in [3.63, 3.8) is 0 Å². The summed E-state index contributed by atoms with van der Waals surface area (Å²) in [6.07, 6.45) is 0.785. The Bertz CT molecular complexity index is 462. The minimum absolute atomic E-state index is 0.0297. The number of benzene rings is 1. The lowest BCUT2D eigenvalue weighted by Crippen LogP contribution is -2.36. The largest absolute Gasteiger partial charge is 0.486 e. The summed E-state index contributed by atoms with van der Waals surface area (Å²) in [5.41, 5.74) is 6.13. The Kier molecular flexibility index (Phi) is 4.27. The van der Waals surface area contributed by atoms with Crippen molar-refractivity contribution < 1.29 is 14.3 Å². The maximum absolute atomic E-state index is 12.3. The molecule has 0 bridgehead atoms. The van der Waals surface area contributed by atoms with Crippen molar-refractivity contribution in [2.45, 2.75) is 19.4 Å². The molecular formula is C14H20N2O3. The number of ether oxygens (including phenoxy) is 2. The van der Waals surface area contributed by atoms with E-state index in [2.05, 4.69) is 0 Å². The monoisotopic (exact) mass is 264 g/mol. The molecule has 0 saturated carbocycles. The van der Waals surface area contributed by atoms with E-state index in [1.165, 1.54) is 0 Å². The number of fused-ring (bicyclic) bond motifs is 1. The fraction of sp³-hybridized carbons (Fsp3) is 0.500. The molecule has 1 aromatic carbocycles. The van der Waals surface area contributed by atoms with E-state index < -0.39 is 0 Å². The van der Waals surface area contributed by atoms with Gasteiger partial charge in [-0.2, -0.15) is 0 Å². The Morgan fingerprint density at radius 1 is 1.37 bits per heavy atom. The first-order chi connectivity index (χ1) is 9.13. The zero-order chi connectivity index (χ0) is 13.8. The molecule has 1 atom stereocenters. The molecule has 1 aliphatic rings. The quantitative estimate of drug-likeness (QED) is 0.889. The third-order valence-electron chi connectivity index (χ3n) is 3.36. The number of rotatable bonds is 4. The summed E-state index contributed by atoms with van der Waals surface area (Å²) in [5, 5.41) is 0. The molecule has 1 aliphatic heterocycles. The maximum atomic E-state index is 12.3. The van der Waals surface area contributed by atoms with Gasteiger partial charge < -0.3 is 20.1 Å². The summed E-state index contributed by atoms with van der Waals surface area (Å²) in [5.74, 6) is 1.30. The van der Waals surface area contributed by atoms with Gasteiger partial charge in [-0.25, -0.2) is 0 Å². The average molecular weight is 264 g/mol. The van der Waals surface area contributed by atoms with Crippen molar-refractivity contribution in [2.24, 2.45) is 5.73 Å². The molecule has 0 aliphatic carbocycles. The summed E-state index contributed by atoms with van der Waals surface area (Å²) < 4.78 is 10.9. The van der Waals surface area contributed by atoms with Crippen LogP contribution in [0.25, 0.3) is 0 Å². The molecule has 0 aromatic heterocycles. The van der Waals surface area contributed by atoms with Gasteiger partial charge in [-0.1, -0.05) is 0 Å². The molecule has 1 aromatic rings. The topological polar surface area (TPSA) is 64.8 Å². The van der Waals surface area contributed by atoms with Crippen LogP contribution in [0.3, 0.4) is 0 Å². The minimum Gasteiger partial charge on any atom is -0.486 e. The number of hydrogen-bond donors (Lipinski definition) is 1. The zero-order valence-corrected chi connectivity index (χ0v) is 11.4. The van der Waals surface area contributed by atoms with Crippen molar-refractivity contribution in [3.05, 3.63) is 23.8 Å². The van der Waals surface area contributed by atoms with E-state index in [0.29, 0.717) is 36.8 Å². The maximum Gasteiger partial charge on any atom is 0.253 e. The van der Waals surface area contributed by atoms with Crippen molar-refractivity contribution in [3.8, 4) is 11.5 Å². The smallest absolute Gasteiger partial charge is 0.253 e. The first-order valence-corrected chi connectivity index (χ1v) is 6.50. The second kappa shape index (κ2) is 5.93. The van der Waals surface area contributed by atoms with E-state index in [0.717, 1.165) is 6.42 Å². The molecule has 5 nitrogen and oxygen atoms in total. The van der Waals surface area contributed by atoms with Gasteiger partial charge in [0.1, 0.15) is 13.2 Å². The number of nitrogens with two attached hydrogens (primary N) is 1. The standard InChI is InChI=1S/C14H20N2O3/c1-10(5-6-15)16(2)14(17)11-3-4-12-13(9-11)19-8-7-18-12/h3-4,9-10H,5-8,15H2,1-2H3. The predicted octanol–water partition coefficient (Wildman–Crippen LogP) is 1.27. The summed E-state index contributed by atoms with van der Waals surface area (Å²) in [6, 6.07) is 5.40. The number of carbonyl (C=O) groups excluding carboxylic acids is 1. The third-order valence-corrected chi connectivity index (χ3v) is 3.36. The van der Waals surface area contributed by atoms with Gasteiger partial charge >= 0.3 is 0 Å². The van der Waals surface area contributed by atoms with Gasteiger partial charge in [0.15, 0.2) is 11.5 Å². The Morgan fingerprint density at radius 2 is 2.05 bits per heavy atom. The molecule has 0 radical (unpaired) electrons. The molecule has 0 saturated heterocycles. The van der Waals surface area contributed by atoms with E-state index in [1.54, 1.807) is 30.1 Å². The predicted molar refractivity (Wildman–Crippen MR) is 72.7 cm³/mol. The zero-order valence-electron chi connectivity index (χ0n) is 11.4. The van der Waals surface area contributed by atoms with Crippen LogP contribution in [-0.2, 0) is 0 Å². The highest BCUT2D eigenvalue weighted by Crippen LogP contribution is 2.31.